The molecule has 0 atom stereocenters. The van der Waals surface area contributed by atoms with Gasteiger partial charge in [0.1, 0.15) is 17.9 Å². The summed E-state index contributed by atoms with van der Waals surface area (Å²) in [6, 6.07) is 5.77. The highest BCUT2D eigenvalue weighted by molar-refractivity contribution is 5.37. The first-order chi connectivity index (χ1) is 9.35. The molecule has 0 unspecified atom stereocenters. The molecule has 1 aliphatic rings. The number of nitrogens with one attached hydrogen (secondary N) is 1. The summed E-state index contributed by atoms with van der Waals surface area (Å²) >= 11 is 0. The molecule has 2 aromatic heterocycles. The van der Waals surface area contributed by atoms with Crippen molar-refractivity contribution >= 4 is 5.82 Å². The Morgan fingerprint density at radius 3 is 2.95 bits per heavy atom. The van der Waals surface area contributed by atoms with Crippen LogP contribution in [0.3, 0.4) is 0 Å². The number of anilines is 1. The maximum atomic E-state index is 5.17. The van der Waals surface area contributed by atoms with E-state index in [4.69, 9.17) is 4.74 Å². The van der Waals surface area contributed by atoms with Gasteiger partial charge in [-0.3, -0.25) is 4.98 Å². The Morgan fingerprint density at radius 2 is 2.16 bits per heavy atom. The summed E-state index contributed by atoms with van der Waals surface area (Å²) in [6.07, 6.45) is 5.85. The van der Waals surface area contributed by atoms with Gasteiger partial charge in [-0.05, 0) is 18.9 Å². The number of aromatic nitrogens is 3. The predicted molar refractivity (Wildman–Crippen MR) is 72.1 cm³/mol. The van der Waals surface area contributed by atoms with Crippen LogP contribution in [0.25, 0.3) is 0 Å². The second kappa shape index (κ2) is 5.22. The third-order valence-corrected chi connectivity index (χ3v) is 3.16. The lowest BCUT2D eigenvalue weighted by Gasteiger charge is -2.07. The molecule has 5 heteroatoms. The van der Waals surface area contributed by atoms with E-state index in [9.17, 15) is 0 Å². The molecule has 3 rings (SSSR count). The van der Waals surface area contributed by atoms with Gasteiger partial charge in [-0.2, -0.15) is 0 Å². The van der Waals surface area contributed by atoms with Crippen LogP contribution in [0.4, 0.5) is 5.82 Å². The molecule has 1 N–H and O–H groups in total. The molecule has 0 radical (unpaired) electrons. The van der Waals surface area contributed by atoms with Crippen LogP contribution in [0, 0.1) is 0 Å². The summed E-state index contributed by atoms with van der Waals surface area (Å²) in [7, 11) is 1.65. The van der Waals surface area contributed by atoms with Crippen LogP contribution in [0.2, 0.25) is 0 Å². The lowest BCUT2D eigenvalue weighted by atomic mass is 10.3. The minimum Gasteiger partial charge on any atom is -0.497 e. The molecule has 0 saturated heterocycles. The van der Waals surface area contributed by atoms with Crippen LogP contribution >= 0.6 is 0 Å². The van der Waals surface area contributed by atoms with Crippen LogP contribution in [0.5, 0.6) is 5.75 Å². The Morgan fingerprint density at radius 1 is 1.26 bits per heavy atom. The molecule has 0 aliphatic heterocycles. The molecular formula is C14H16N4O. The smallest absolute Gasteiger partial charge is 0.129 e. The van der Waals surface area contributed by atoms with E-state index in [0.29, 0.717) is 12.5 Å². The first-order valence-electron chi connectivity index (χ1n) is 6.40. The minimum absolute atomic E-state index is 0.623. The fourth-order valence-electron chi connectivity index (χ4n) is 1.93. The quantitative estimate of drug-likeness (QED) is 0.890. The minimum atomic E-state index is 0.623. The Hall–Kier alpha value is -2.17. The SMILES string of the molecule is COc1ccnc(CNc2cc(C3CC3)ncn2)c1. The Balaban J connectivity index is 1.66. The van der Waals surface area contributed by atoms with Crippen LogP contribution in [0.15, 0.2) is 30.7 Å². The molecule has 98 valence electrons. The fourth-order valence-corrected chi connectivity index (χ4v) is 1.93. The number of pyridine rings is 1. The van der Waals surface area contributed by atoms with Gasteiger partial charge in [-0.1, -0.05) is 0 Å². The van der Waals surface area contributed by atoms with Crippen molar-refractivity contribution in [2.75, 3.05) is 12.4 Å². The summed E-state index contributed by atoms with van der Waals surface area (Å²) < 4.78 is 5.17. The number of ether oxygens (including phenoxy) is 1. The first-order valence-corrected chi connectivity index (χ1v) is 6.40. The topological polar surface area (TPSA) is 59.9 Å². The standard InChI is InChI=1S/C14H16N4O/c1-19-12-4-5-15-11(6-12)8-16-14-7-13(10-2-3-10)17-9-18-14/h4-7,9-10H,2-3,8H2,1H3,(H,16,17,18). The van der Waals surface area contributed by atoms with Gasteiger partial charge in [0, 0.05) is 29.9 Å². The van der Waals surface area contributed by atoms with Crippen LogP contribution in [-0.4, -0.2) is 22.1 Å². The number of hydrogen-bond donors (Lipinski definition) is 1. The zero-order valence-electron chi connectivity index (χ0n) is 10.8. The van der Waals surface area contributed by atoms with E-state index in [1.807, 2.05) is 18.2 Å². The molecule has 0 bridgehead atoms. The van der Waals surface area contributed by atoms with Crippen molar-refractivity contribution < 1.29 is 4.74 Å². The molecule has 1 fully saturated rings. The van der Waals surface area contributed by atoms with Gasteiger partial charge in [0.05, 0.1) is 19.3 Å². The van der Waals surface area contributed by atoms with E-state index in [0.717, 1.165) is 23.0 Å². The number of nitrogens with zero attached hydrogens (tertiary/aromatic N) is 3. The summed E-state index contributed by atoms with van der Waals surface area (Å²) in [5, 5.41) is 3.27. The zero-order chi connectivity index (χ0) is 13.1. The lowest BCUT2D eigenvalue weighted by molar-refractivity contribution is 0.413. The van der Waals surface area contributed by atoms with Crippen LogP contribution in [0.1, 0.15) is 30.1 Å². The molecule has 1 saturated carbocycles. The third kappa shape index (κ3) is 2.99. The highest BCUT2D eigenvalue weighted by Crippen LogP contribution is 2.39. The average molecular weight is 256 g/mol. The summed E-state index contributed by atoms with van der Waals surface area (Å²) in [4.78, 5) is 12.8. The van der Waals surface area contributed by atoms with Crippen molar-refractivity contribution in [1.82, 2.24) is 15.0 Å². The molecule has 1 aliphatic carbocycles. The number of rotatable bonds is 5. The van der Waals surface area contributed by atoms with Gasteiger partial charge >= 0.3 is 0 Å². The molecule has 0 aromatic carbocycles. The summed E-state index contributed by atoms with van der Waals surface area (Å²) in [5.74, 6) is 2.30. The Labute approximate surface area is 112 Å². The highest BCUT2D eigenvalue weighted by atomic mass is 16.5. The second-order valence-corrected chi connectivity index (χ2v) is 4.64. The number of methoxy groups -OCH3 is 1. The van der Waals surface area contributed by atoms with E-state index < -0.39 is 0 Å². The molecule has 2 heterocycles. The fraction of sp³-hybridized carbons (Fsp3) is 0.357. The van der Waals surface area contributed by atoms with Crippen molar-refractivity contribution in [2.45, 2.75) is 25.3 Å². The normalized spacial score (nSPS) is 14.2. The van der Waals surface area contributed by atoms with E-state index in [-0.39, 0.29) is 0 Å². The van der Waals surface area contributed by atoms with Gasteiger partial charge in [-0.25, -0.2) is 9.97 Å². The van der Waals surface area contributed by atoms with E-state index in [1.54, 1.807) is 19.6 Å². The predicted octanol–water partition coefficient (Wildman–Crippen LogP) is 2.37. The van der Waals surface area contributed by atoms with Crippen LogP contribution < -0.4 is 10.1 Å². The van der Waals surface area contributed by atoms with E-state index in [2.05, 4.69) is 20.3 Å². The van der Waals surface area contributed by atoms with Gasteiger partial charge < -0.3 is 10.1 Å². The molecule has 19 heavy (non-hydrogen) atoms. The molecule has 5 nitrogen and oxygen atoms in total. The van der Waals surface area contributed by atoms with Gasteiger partial charge in [0.2, 0.25) is 0 Å². The monoisotopic (exact) mass is 256 g/mol. The molecule has 0 spiro atoms. The maximum absolute atomic E-state index is 5.17. The average Bonchev–Trinajstić information content (AvgIpc) is 3.30. The first kappa shape index (κ1) is 11.9. The van der Waals surface area contributed by atoms with E-state index in [1.165, 1.54) is 12.8 Å². The Bertz CT molecular complexity index is 569. The maximum Gasteiger partial charge on any atom is 0.129 e. The van der Waals surface area contributed by atoms with Crippen molar-refractivity contribution in [3.05, 3.63) is 42.1 Å². The lowest BCUT2D eigenvalue weighted by Crippen LogP contribution is -2.04. The van der Waals surface area contributed by atoms with Crippen molar-refractivity contribution in [3.63, 3.8) is 0 Å². The zero-order valence-corrected chi connectivity index (χ0v) is 10.8. The molecular weight excluding hydrogens is 240 g/mol. The Kier molecular flexibility index (Phi) is 3.27. The van der Waals surface area contributed by atoms with Gasteiger partial charge in [0.25, 0.3) is 0 Å². The van der Waals surface area contributed by atoms with Crippen LogP contribution in [-0.2, 0) is 6.54 Å². The molecule has 2 aromatic rings. The third-order valence-electron chi connectivity index (χ3n) is 3.16. The summed E-state index contributed by atoms with van der Waals surface area (Å²) in [5.41, 5.74) is 2.06. The molecule has 0 amide bonds. The van der Waals surface area contributed by atoms with Crippen molar-refractivity contribution in [1.29, 1.82) is 0 Å². The van der Waals surface area contributed by atoms with E-state index >= 15 is 0 Å². The van der Waals surface area contributed by atoms with Crippen molar-refractivity contribution in [3.8, 4) is 5.75 Å². The number of hydrogen-bond acceptors (Lipinski definition) is 5. The second-order valence-electron chi connectivity index (χ2n) is 4.64. The largest absolute Gasteiger partial charge is 0.497 e. The van der Waals surface area contributed by atoms with Gasteiger partial charge in [0.15, 0.2) is 0 Å². The summed E-state index contributed by atoms with van der Waals surface area (Å²) in [6.45, 7) is 0.623. The highest BCUT2D eigenvalue weighted by Gasteiger charge is 2.25. The van der Waals surface area contributed by atoms with Gasteiger partial charge in [-0.15, -0.1) is 0 Å². The van der Waals surface area contributed by atoms with Crippen molar-refractivity contribution in [2.24, 2.45) is 0 Å².